The molecular weight excluding hydrogens is 188 g/mol. The van der Waals surface area contributed by atoms with Crippen LogP contribution >= 0.6 is 0 Å². The van der Waals surface area contributed by atoms with Crippen molar-refractivity contribution in [2.75, 3.05) is 0 Å². The predicted octanol–water partition coefficient (Wildman–Crippen LogP) is 0.703. The average molecular weight is 206 g/mol. The van der Waals surface area contributed by atoms with Crippen molar-refractivity contribution in [1.29, 1.82) is 0 Å². The Morgan fingerprint density at radius 2 is 2.27 bits per heavy atom. The molecular formula is C12H18N2O. The van der Waals surface area contributed by atoms with Gasteiger partial charge >= 0.3 is 0 Å². The Labute approximate surface area is 90.6 Å². The molecule has 0 unspecified atom stereocenters. The number of benzene rings is 1. The number of rotatable bonds is 5. The first-order chi connectivity index (χ1) is 7.31. The minimum Gasteiger partial charge on any atom is -0.625 e. The minimum absolute atomic E-state index is 0.508. The van der Waals surface area contributed by atoms with Crippen LogP contribution in [0.5, 0.6) is 0 Å². The number of hydrogen-bond donors (Lipinski definition) is 2. The van der Waals surface area contributed by atoms with Crippen molar-refractivity contribution in [2.24, 2.45) is 5.73 Å². The lowest BCUT2D eigenvalue weighted by atomic mass is 10.0. The zero-order valence-electron chi connectivity index (χ0n) is 9.12. The Morgan fingerprint density at radius 1 is 1.47 bits per heavy atom. The van der Waals surface area contributed by atoms with Crippen LogP contribution in [0.1, 0.15) is 37.3 Å². The van der Waals surface area contributed by atoms with Gasteiger partial charge in [0.1, 0.15) is 0 Å². The Kier molecular flexibility index (Phi) is 4.84. The molecule has 15 heavy (non-hydrogen) atoms. The summed E-state index contributed by atoms with van der Waals surface area (Å²) in [6, 6.07) is 7.80. The van der Waals surface area contributed by atoms with E-state index in [2.05, 4.69) is 6.92 Å². The maximum Gasteiger partial charge on any atom is 0.192 e. The molecule has 3 heteroatoms. The topological polar surface area (TPSA) is 63.0 Å². The smallest absolute Gasteiger partial charge is 0.192 e. The first kappa shape index (κ1) is 11.7. The van der Waals surface area contributed by atoms with Crippen LogP contribution < -0.4 is 10.9 Å². The molecule has 0 saturated heterocycles. The Balaban J connectivity index is 2.82. The largest absolute Gasteiger partial charge is 0.625 e. The van der Waals surface area contributed by atoms with Crippen molar-refractivity contribution in [3.63, 3.8) is 0 Å². The number of nitrogens with one attached hydrogen (secondary N) is 1. The van der Waals surface area contributed by atoms with E-state index in [1.165, 1.54) is 0 Å². The van der Waals surface area contributed by atoms with Crippen LogP contribution in [0.15, 0.2) is 24.3 Å². The van der Waals surface area contributed by atoms with E-state index in [1.54, 1.807) is 0 Å². The summed E-state index contributed by atoms with van der Waals surface area (Å²) in [5, 5.41) is 12.8. The van der Waals surface area contributed by atoms with Crippen LogP contribution in [0.25, 0.3) is 0 Å². The molecule has 0 aliphatic carbocycles. The number of nitrogens with two attached hydrogens (primary N) is 1. The van der Waals surface area contributed by atoms with E-state index in [1.807, 2.05) is 29.4 Å². The van der Waals surface area contributed by atoms with Gasteiger partial charge in [-0.3, -0.25) is 0 Å². The van der Waals surface area contributed by atoms with Crippen LogP contribution in [0.3, 0.4) is 0 Å². The van der Waals surface area contributed by atoms with Gasteiger partial charge in [0.2, 0.25) is 0 Å². The Hall–Kier alpha value is -1.35. The van der Waals surface area contributed by atoms with Gasteiger partial charge in [-0.25, -0.2) is 5.16 Å². The fourth-order valence-corrected chi connectivity index (χ4v) is 1.49. The van der Waals surface area contributed by atoms with Gasteiger partial charge in [-0.15, -0.1) is 0 Å². The van der Waals surface area contributed by atoms with Gasteiger partial charge in [0, 0.05) is 18.5 Å². The summed E-state index contributed by atoms with van der Waals surface area (Å²) in [4.78, 5) is 0. The molecule has 1 rings (SSSR count). The third-order valence-corrected chi connectivity index (χ3v) is 2.41. The SMILES string of the molecule is CCCCC(=[NH+][O-])c1cccc(CN)c1. The quantitative estimate of drug-likeness (QED) is 0.423. The second kappa shape index (κ2) is 6.19. The van der Waals surface area contributed by atoms with E-state index in [0.717, 1.165) is 36.1 Å². The van der Waals surface area contributed by atoms with Crippen molar-refractivity contribution >= 4 is 5.71 Å². The van der Waals surface area contributed by atoms with Crippen molar-refractivity contribution in [3.05, 3.63) is 40.6 Å². The molecule has 0 aliphatic heterocycles. The third kappa shape index (κ3) is 3.36. The summed E-state index contributed by atoms with van der Waals surface area (Å²) >= 11 is 0. The van der Waals surface area contributed by atoms with Crippen molar-refractivity contribution in [1.82, 2.24) is 0 Å². The van der Waals surface area contributed by atoms with Crippen LogP contribution in [0, 0.1) is 5.21 Å². The molecule has 0 aromatic heterocycles. The zero-order valence-corrected chi connectivity index (χ0v) is 9.12. The zero-order chi connectivity index (χ0) is 11.1. The van der Waals surface area contributed by atoms with E-state index in [0.29, 0.717) is 6.54 Å². The lowest BCUT2D eigenvalue weighted by Crippen LogP contribution is -2.65. The molecule has 82 valence electrons. The third-order valence-electron chi connectivity index (χ3n) is 2.41. The van der Waals surface area contributed by atoms with E-state index in [4.69, 9.17) is 5.73 Å². The molecule has 0 bridgehead atoms. The molecule has 3 N–H and O–H groups in total. The summed E-state index contributed by atoms with van der Waals surface area (Å²) in [5.74, 6) is 0. The molecule has 0 radical (unpaired) electrons. The highest BCUT2D eigenvalue weighted by atomic mass is 16.4. The van der Waals surface area contributed by atoms with Gasteiger partial charge < -0.3 is 10.9 Å². The lowest BCUT2D eigenvalue weighted by molar-refractivity contribution is -0.374. The van der Waals surface area contributed by atoms with Gasteiger partial charge in [0.05, 0.1) is 0 Å². The molecule has 0 heterocycles. The fourth-order valence-electron chi connectivity index (χ4n) is 1.49. The average Bonchev–Trinajstić information content (AvgIpc) is 2.30. The first-order valence-electron chi connectivity index (χ1n) is 5.35. The van der Waals surface area contributed by atoms with E-state index in [-0.39, 0.29) is 0 Å². The Bertz CT molecular complexity index is 334. The highest BCUT2D eigenvalue weighted by Gasteiger charge is 2.07. The molecule has 0 aliphatic rings. The second-order valence-electron chi connectivity index (χ2n) is 3.59. The molecule has 0 fully saturated rings. The molecule has 0 saturated carbocycles. The van der Waals surface area contributed by atoms with Crippen molar-refractivity contribution in [3.8, 4) is 0 Å². The van der Waals surface area contributed by atoms with Crippen LogP contribution in [0.2, 0.25) is 0 Å². The Morgan fingerprint density at radius 3 is 2.87 bits per heavy atom. The van der Waals surface area contributed by atoms with Gasteiger partial charge in [0.25, 0.3) is 0 Å². The maximum absolute atomic E-state index is 10.8. The molecule has 1 aromatic rings. The van der Waals surface area contributed by atoms with Gasteiger partial charge in [0.15, 0.2) is 5.71 Å². The fraction of sp³-hybridized carbons (Fsp3) is 0.417. The normalized spacial score (nSPS) is 11.7. The molecule has 1 aromatic carbocycles. The maximum atomic E-state index is 10.8. The standard InChI is InChI=1S/C12H18N2O/c1-2-3-7-12(14-15)11-6-4-5-10(8-11)9-13/h4-6,8,14H,2-3,7,9,13H2,1H3. The first-order valence-corrected chi connectivity index (χ1v) is 5.35. The number of unbranched alkanes of at least 4 members (excludes halogenated alkanes) is 1. The van der Waals surface area contributed by atoms with Gasteiger partial charge in [-0.1, -0.05) is 25.5 Å². The van der Waals surface area contributed by atoms with E-state index in [9.17, 15) is 5.21 Å². The monoisotopic (exact) mass is 206 g/mol. The molecule has 0 spiro atoms. The van der Waals surface area contributed by atoms with Crippen molar-refractivity contribution < 1.29 is 5.16 Å². The summed E-state index contributed by atoms with van der Waals surface area (Å²) in [5.41, 5.74) is 8.32. The van der Waals surface area contributed by atoms with E-state index >= 15 is 0 Å². The minimum atomic E-state index is 0.508. The van der Waals surface area contributed by atoms with Gasteiger partial charge in [-0.2, -0.15) is 0 Å². The lowest BCUT2D eigenvalue weighted by Gasteiger charge is -2.03. The number of hydrogen-bond acceptors (Lipinski definition) is 2. The van der Waals surface area contributed by atoms with Crippen LogP contribution in [0.4, 0.5) is 0 Å². The summed E-state index contributed by atoms with van der Waals surface area (Å²) in [6.45, 7) is 2.62. The van der Waals surface area contributed by atoms with Crippen LogP contribution in [-0.4, -0.2) is 5.71 Å². The van der Waals surface area contributed by atoms with Gasteiger partial charge in [-0.05, 0) is 24.1 Å². The summed E-state index contributed by atoms with van der Waals surface area (Å²) in [7, 11) is 0. The van der Waals surface area contributed by atoms with E-state index < -0.39 is 0 Å². The van der Waals surface area contributed by atoms with Crippen LogP contribution in [-0.2, 0) is 6.54 Å². The molecule has 0 amide bonds. The highest BCUT2D eigenvalue weighted by molar-refractivity contribution is 5.96. The molecule has 3 nitrogen and oxygen atoms in total. The second-order valence-corrected chi connectivity index (χ2v) is 3.59. The summed E-state index contributed by atoms with van der Waals surface area (Å²) in [6.07, 6.45) is 2.91. The predicted molar refractivity (Wildman–Crippen MR) is 62.3 cm³/mol. The summed E-state index contributed by atoms with van der Waals surface area (Å²) < 4.78 is 0. The molecule has 0 atom stereocenters. The highest BCUT2D eigenvalue weighted by Crippen LogP contribution is 2.07. The van der Waals surface area contributed by atoms with Crippen molar-refractivity contribution in [2.45, 2.75) is 32.7 Å².